The summed E-state index contributed by atoms with van der Waals surface area (Å²) in [5.41, 5.74) is 1.33. The van der Waals surface area contributed by atoms with E-state index in [0.29, 0.717) is 41.3 Å². The highest BCUT2D eigenvalue weighted by atomic mass is 16.5. The van der Waals surface area contributed by atoms with E-state index in [-0.39, 0.29) is 5.91 Å². The first-order chi connectivity index (χ1) is 10.6. The topological polar surface area (TPSA) is 63.8 Å². The molecule has 2 rings (SSSR count). The minimum Gasteiger partial charge on any atom is -0.493 e. The van der Waals surface area contributed by atoms with Crippen molar-refractivity contribution in [3.63, 3.8) is 0 Å². The van der Waals surface area contributed by atoms with Crippen molar-refractivity contribution in [1.82, 2.24) is 9.88 Å². The van der Waals surface area contributed by atoms with E-state index in [0.717, 1.165) is 5.52 Å². The molecule has 6 heteroatoms. The van der Waals surface area contributed by atoms with Gasteiger partial charge >= 0.3 is 0 Å². The molecule has 1 amide bonds. The maximum atomic E-state index is 12.7. The average Bonchev–Trinajstić information content (AvgIpc) is 2.97. The second-order valence-electron chi connectivity index (χ2n) is 4.75. The lowest BCUT2D eigenvalue weighted by Gasteiger charge is -2.19. The SMILES string of the molecule is CCN(CC)C(=O)c1c[nH]c2cc(OC)c(OC)c(OC)c12. The first-order valence-electron chi connectivity index (χ1n) is 7.22. The summed E-state index contributed by atoms with van der Waals surface area (Å²) in [4.78, 5) is 17.6. The van der Waals surface area contributed by atoms with Gasteiger partial charge in [0, 0.05) is 25.4 Å². The Morgan fingerprint density at radius 3 is 2.23 bits per heavy atom. The Hall–Kier alpha value is -2.37. The number of benzene rings is 1. The molecule has 2 aromatic rings. The van der Waals surface area contributed by atoms with Crippen LogP contribution < -0.4 is 14.2 Å². The fourth-order valence-corrected chi connectivity index (χ4v) is 2.61. The molecule has 1 aromatic heterocycles. The Morgan fingerprint density at radius 2 is 1.73 bits per heavy atom. The third kappa shape index (κ3) is 2.45. The van der Waals surface area contributed by atoms with Crippen LogP contribution in [0.15, 0.2) is 12.3 Å². The molecule has 1 N–H and O–H groups in total. The Morgan fingerprint density at radius 1 is 1.09 bits per heavy atom. The molecule has 0 bridgehead atoms. The lowest BCUT2D eigenvalue weighted by atomic mass is 10.1. The maximum Gasteiger partial charge on any atom is 0.256 e. The molecule has 0 unspecified atom stereocenters. The summed E-state index contributed by atoms with van der Waals surface area (Å²) >= 11 is 0. The predicted molar refractivity (Wildman–Crippen MR) is 85.2 cm³/mol. The van der Waals surface area contributed by atoms with Crippen LogP contribution in [0.25, 0.3) is 10.9 Å². The lowest BCUT2D eigenvalue weighted by molar-refractivity contribution is 0.0775. The molecule has 22 heavy (non-hydrogen) atoms. The van der Waals surface area contributed by atoms with E-state index in [2.05, 4.69) is 4.98 Å². The summed E-state index contributed by atoms with van der Waals surface area (Å²) in [6.45, 7) is 5.21. The number of aromatic nitrogens is 1. The van der Waals surface area contributed by atoms with Gasteiger partial charge in [-0.1, -0.05) is 0 Å². The highest BCUT2D eigenvalue weighted by molar-refractivity contribution is 6.10. The number of nitrogens with one attached hydrogen (secondary N) is 1. The summed E-state index contributed by atoms with van der Waals surface area (Å²) in [5, 5.41) is 0.706. The highest BCUT2D eigenvalue weighted by Crippen LogP contribution is 2.44. The van der Waals surface area contributed by atoms with Crippen LogP contribution in [0.2, 0.25) is 0 Å². The van der Waals surface area contributed by atoms with Crippen LogP contribution in [0.1, 0.15) is 24.2 Å². The first kappa shape index (κ1) is 16.0. The van der Waals surface area contributed by atoms with Crippen LogP contribution in [0.3, 0.4) is 0 Å². The standard InChI is InChI=1S/C16H22N2O4/c1-6-18(7-2)16(19)10-9-17-11-8-12(20-3)14(21-4)15(22-5)13(10)11/h8-9,17H,6-7H2,1-5H3. The molecule has 1 heterocycles. The van der Waals surface area contributed by atoms with Crippen molar-refractivity contribution in [3.8, 4) is 17.2 Å². The molecule has 0 aliphatic rings. The number of methoxy groups -OCH3 is 3. The van der Waals surface area contributed by atoms with E-state index in [1.165, 1.54) is 0 Å². The van der Waals surface area contributed by atoms with Crippen LogP contribution in [-0.4, -0.2) is 50.2 Å². The van der Waals surface area contributed by atoms with Crippen molar-refractivity contribution in [2.45, 2.75) is 13.8 Å². The molecule has 120 valence electrons. The number of ether oxygens (including phenoxy) is 3. The van der Waals surface area contributed by atoms with Crippen LogP contribution >= 0.6 is 0 Å². The summed E-state index contributed by atoms with van der Waals surface area (Å²) in [6.07, 6.45) is 1.70. The fourth-order valence-electron chi connectivity index (χ4n) is 2.61. The number of hydrogen-bond acceptors (Lipinski definition) is 4. The molecule has 0 atom stereocenters. The van der Waals surface area contributed by atoms with E-state index < -0.39 is 0 Å². The number of nitrogens with zero attached hydrogens (tertiary/aromatic N) is 1. The van der Waals surface area contributed by atoms with Gasteiger partial charge in [0.15, 0.2) is 11.5 Å². The maximum absolute atomic E-state index is 12.7. The third-order valence-corrected chi connectivity index (χ3v) is 3.75. The molecule has 1 aromatic carbocycles. The van der Waals surface area contributed by atoms with Gasteiger partial charge in [-0.05, 0) is 13.8 Å². The second-order valence-corrected chi connectivity index (χ2v) is 4.75. The van der Waals surface area contributed by atoms with Gasteiger partial charge < -0.3 is 24.1 Å². The zero-order valence-electron chi connectivity index (χ0n) is 13.6. The molecular weight excluding hydrogens is 284 g/mol. The average molecular weight is 306 g/mol. The van der Waals surface area contributed by atoms with Gasteiger partial charge in [-0.25, -0.2) is 0 Å². The van der Waals surface area contributed by atoms with E-state index in [1.807, 2.05) is 13.8 Å². The number of hydrogen-bond donors (Lipinski definition) is 1. The Balaban J connectivity index is 2.71. The minimum atomic E-state index is -0.0400. The van der Waals surface area contributed by atoms with Gasteiger partial charge in [0.25, 0.3) is 5.91 Å². The second kappa shape index (κ2) is 6.60. The Bertz CT molecular complexity index is 674. The third-order valence-electron chi connectivity index (χ3n) is 3.75. The van der Waals surface area contributed by atoms with Crippen molar-refractivity contribution in [2.24, 2.45) is 0 Å². The van der Waals surface area contributed by atoms with E-state index >= 15 is 0 Å². The summed E-state index contributed by atoms with van der Waals surface area (Å²) in [7, 11) is 4.66. The molecule has 0 saturated heterocycles. The zero-order chi connectivity index (χ0) is 16.3. The molecule has 0 fully saturated rings. The molecule has 0 radical (unpaired) electrons. The number of carbonyl (C=O) groups is 1. The minimum absolute atomic E-state index is 0.0400. The molecule has 0 aliphatic heterocycles. The quantitative estimate of drug-likeness (QED) is 0.891. The Kier molecular flexibility index (Phi) is 4.80. The predicted octanol–water partition coefficient (Wildman–Crippen LogP) is 2.68. The molecule has 0 saturated carbocycles. The van der Waals surface area contributed by atoms with E-state index in [9.17, 15) is 4.79 Å². The van der Waals surface area contributed by atoms with Gasteiger partial charge in [0.1, 0.15) is 0 Å². The van der Waals surface area contributed by atoms with E-state index in [4.69, 9.17) is 14.2 Å². The summed E-state index contributed by atoms with van der Waals surface area (Å²) in [5.74, 6) is 1.48. The van der Waals surface area contributed by atoms with Crippen molar-refractivity contribution in [3.05, 3.63) is 17.8 Å². The van der Waals surface area contributed by atoms with Crippen LogP contribution in [0, 0.1) is 0 Å². The van der Waals surface area contributed by atoms with Crippen molar-refractivity contribution < 1.29 is 19.0 Å². The zero-order valence-corrected chi connectivity index (χ0v) is 13.6. The molecule has 6 nitrogen and oxygen atoms in total. The molecular formula is C16H22N2O4. The number of amides is 1. The number of H-pyrrole nitrogens is 1. The monoisotopic (exact) mass is 306 g/mol. The first-order valence-corrected chi connectivity index (χ1v) is 7.22. The molecule has 0 spiro atoms. The van der Waals surface area contributed by atoms with Crippen molar-refractivity contribution in [1.29, 1.82) is 0 Å². The van der Waals surface area contributed by atoms with Gasteiger partial charge in [0.05, 0.1) is 37.8 Å². The lowest BCUT2D eigenvalue weighted by Crippen LogP contribution is -2.30. The van der Waals surface area contributed by atoms with Crippen LogP contribution in [0.4, 0.5) is 0 Å². The van der Waals surface area contributed by atoms with Crippen molar-refractivity contribution in [2.75, 3.05) is 34.4 Å². The van der Waals surface area contributed by atoms with Crippen LogP contribution in [-0.2, 0) is 0 Å². The van der Waals surface area contributed by atoms with E-state index in [1.54, 1.807) is 38.5 Å². The van der Waals surface area contributed by atoms with Gasteiger partial charge in [-0.15, -0.1) is 0 Å². The summed E-state index contributed by atoms with van der Waals surface area (Å²) < 4.78 is 16.2. The number of aromatic amines is 1. The smallest absolute Gasteiger partial charge is 0.256 e. The normalized spacial score (nSPS) is 10.6. The molecule has 0 aliphatic carbocycles. The number of carbonyl (C=O) groups excluding carboxylic acids is 1. The van der Waals surface area contributed by atoms with Crippen molar-refractivity contribution >= 4 is 16.8 Å². The highest BCUT2D eigenvalue weighted by Gasteiger charge is 2.24. The van der Waals surface area contributed by atoms with Gasteiger partial charge in [-0.2, -0.15) is 0 Å². The number of fused-ring (bicyclic) bond motifs is 1. The van der Waals surface area contributed by atoms with Crippen LogP contribution in [0.5, 0.6) is 17.2 Å². The fraction of sp³-hybridized carbons (Fsp3) is 0.438. The van der Waals surface area contributed by atoms with Gasteiger partial charge in [-0.3, -0.25) is 4.79 Å². The van der Waals surface area contributed by atoms with Gasteiger partial charge in [0.2, 0.25) is 5.75 Å². The summed E-state index contributed by atoms with van der Waals surface area (Å²) in [6, 6.07) is 1.80. The number of rotatable bonds is 6. The largest absolute Gasteiger partial charge is 0.493 e. The Labute approximate surface area is 130 Å².